The topological polar surface area (TPSA) is 56.1 Å². The second-order valence-electron chi connectivity index (χ2n) is 6.68. The number of hydrogen-bond donors (Lipinski definition) is 1. The molecule has 0 fully saturated rings. The number of carbonyl (C=O) groups is 1. The molecule has 0 radical (unpaired) electrons. The molecule has 128 valence electrons. The number of rotatable bonds is 3. The van der Waals surface area contributed by atoms with E-state index in [4.69, 9.17) is 16.3 Å². The van der Waals surface area contributed by atoms with Crippen LogP contribution in [0.25, 0.3) is 0 Å². The van der Waals surface area contributed by atoms with Gasteiger partial charge in [-0.25, -0.2) is 9.48 Å². The molecule has 0 saturated carbocycles. The number of esters is 1. The van der Waals surface area contributed by atoms with Crippen molar-refractivity contribution in [3.8, 4) is 0 Å². The van der Waals surface area contributed by atoms with Gasteiger partial charge in [0.25, 0.3) is 0 Å². The van der Waals surface area contributed by atoms with E-state index in [-0.39, 0.29) is 17.6 Å². The number of nitrogens with one attached hydrogen (secondary N) is 1. The highest BCUT2D eigenvalue weighted by Crippen LogP contribution is 2.42. The van der Waals surface area contributed by atoms with Gasteiger partial charge in [-0.05, 0) is 45.7 Å². The third-order valence-electron chi connectivity index (χ3n) is 4.41. The minimum Gasteiger partial charge on any atom is -0.462 e. The third-order valence-corrected chi connectivity index (χ3v) is 4.75. The first-order chi connectivity index (χ1) is 11.3. The van der Waals surface area contributed by atoms with E-state index in [2.05, 4.69) is 24.3 Å². The maximum Gasteiger partial charge on any atom is 0.343 e. The molecule has 0 aliphatic carbocycles. The fourth-order valence-electron chi connectivity index (χ4n) is 3.29. The molecule has 24 heavy (non-hydrogen) atoms. The van der Waals surface area contributed by atoms with E-state index < -0.39 is 0 Å². The lowest BCUT2D eigenvalue weighted by Gasteiger charge is -2.38. The van der Waals surface area contributed by atoms with E-state index in [0.717, 1.165) is 12.0 Å². The summed E-state index contributed by atoms with van der Waals surface area (Å²) in [7, 11) is 0. The molecule has 1 aliphatic rings. The van der Waals surface area contributed by atoms with Crippen LogP contribution in [0.4, 0.5) is 5.82 Å². The fourth-order valence-corrected chi connectivity index (χ4v) is 3.56. The standard InChI is InChI=1S/C18H22ClN3O2/c1-5-24-17(23)15-11(2)21-22-16(15)20-14(10-18(22,3)4)12-8-6-7-9-13(12)19/h6-9,14,20H,5,10H2,1-4H3. The monoisotopic (exact) mass is 347 g/mol. The smallest absolute Gasteiger partial charge is 0.343 e. The summed E-state index contributed by atoms with van der Waals surface area (Å²) >= 11 is 6.38. The average molecular weight is 348 g/mol. The molecule has 5 nitrogen and oxygen atoms in total. The number of benzene rings is 1. The summed E-state index contributed by atoms with van der Waals surface area (Å²) in [6.45, 7) is 8.19. The summed E-state index contributed by atoms with van der Waals surface area (Å²) in [6, 6.07) is 7.79. The number of halogens is 1. The number of aryl methyl sites for hydroxylation is 1. The Kier molecular flexibility index (Phi) is 4.30. The van der Waals surface area contributed by atoms with Crippen LogP contribution in [-0.4, -0.2) is 22.4 Å². The van der Waals surface area contributed by atoms with Gasteiger partial charge in [-0.15, -0.1) is 0 Å². The van der Waals surface area contributed by atoms with E-state index in [1.54, 1.807) is 6.92 Å². The van der Waals surface area contributed by atoms with Gasteiger partial charge in [0.2, 0.25) is 0 Å². The second kappa shape index (κ2) is 6.13. The van der Waals surface area contributed by atoms with Crippen LogP contribution in [0, 0.1) is 6.92 Å². The minimum absolute atomic E-state index is 0.00507. The number of aromatic nitrogens is 2. The van der Waals surface area contributed by atoms with Crippen molar-refractivity contribution < 1.29 is 9.53 Å². The number of carbonyl (C=O) groups excluding carboxylic acids is 1. The summed E-state index contributed by atoms with van der Waals surface area (Å²) < 4.78 is 7.10. The van der Waals surface area contributed by atoms with E-state index in [1.807, 2.05) is 35.9 Å². The zero-order chi connectivity index (χ0) is 17.5. The number of nitrogens with zero attached hydrogens (tertiary/aromatic N) is 2. The van der Waals surface area contributed by atoms with Crippen LogP contribution in [0.5, 0.6) is 0 Å². The zero-order valence-electron chi connectivity index (χ0n) is 14.4. The lowest BCUT2D eigenvalue weighted by molar-refractivity contribution is 0.0526. The summed E-state index contributed by atoms with van der Waals surface area (Å²) in [6.07, 6.45) is 0.813. The Labute approximate surface area is 147 Å². The summed E-state index contributed by atoms with van der Waals surface area (Å²) in [5.74, 6) is 0.353. The minimum atomic E-state index is -0.348. The van der Waals surface area contributed by atoms with Crippen molar-refractivity contribution in [2.45, 2.75) is 45.7 Å². The molecule has 2 aromatic rings. The van der Waals surface area contributed by atoms with E-state index in [9.17, 15) is 4.79 Å². The Morgan fingerprint density at radius 3 is 2.83 bits per heavy atom. The molecule has 0 amide bonds. The Bertz CT molecular complexity index is 783. The molecule has 0 bridgehead atoms. The molecular formula is C18H22ClN3O2. The van der Waals surface area contributed by atoms with Gasteiger partial charge in [-0.2, -0.15) is 5.10 Å². The van der Waals surface area contributed by atoms with Crippen molar-refractivity contribution in [1.82, 2.24) is 9.78 Å². The Morgan fingerprint density at radius 1 is 1.46 bits per heavy atom. The molecule has 0 spiro atoms. The van der Waals surface area contributed by atoms with Gasteiger partial charge in [0.1, 0.15) is 11.4 Å². The average Bonchev–Trinajstić information content (AvgIpc) is 2.85. The highest BCUT2D eigenvalue weighted by Gasteiger charge is 2.38. The second-order valence-corrected chi connectivity index (χ2v) is 7.08. The maximum atomic E-state index is 12.4. The van der Waals surface area contributed by atoms with Crippen LogP contribution < -0.4 is 5.32 Å². The number of anilines is 1. The molecule has 1 aromatic heterocycles. The third kappa shape index (κ3) is 2.77. The maximum absolute atomic E-state index is 12.4. The molecular weight excluding hydrogens is 326 g/mol. The molecule has 1 aliphatic heterocycles. The Balaban J connectivity index is 2.08. The molecule has 0 saturated heterocycles. The first kappa shape index (κ1) is 16.8. The largest absolute Gasteiger partial charge is 0.462 e. The number of hydrogen-bond acceptors (Lipinski definition) is 4. The van der Waals surface area contributed by atoms with E-state index in [1.165, 1.54) is 0 Å². The van der Waals surface area contributed by atoms with Crippen molar-refractivity contribution in [2.75, 3.05) is 11.9 Å². The molecule has 1 unspecified atom stereocenters. The molecule has 2 heterocycles. The fraction of sp³-hybridized carbons (Fsp3) is 0.444. The lowest BCUT2D eigenvalue weighted by Crippen LogP contribution is -2.38. The predicted octanol–water partition coefficient (Wildman–Crippen LogP) is 4.31. The van der Waals surface area contributed by atoms with Crippen LogP contribution in [0.2, 0.25) is 5.02 Å². The highest BCUT2D eigenvalue weighted by molar-refractivity contribution is 6.31. The van der Waals surface area contributed by atoms with E-state index in [0.29, 0.717) is 28.7 Å². The summed E-state index contributed by atoms with van der Waals surface area (Å²) in [4.78, 5) is 12.4. The van der Waals surface area contributed by atoms with Crippen molar-refractivity contribution in [3.05, 3.63) is 46.1 Å². The van der Waals surface area contributed by atoms with Crippen LogP contribution in [0.1, 0.15) is 54.8 Å². The van der Waals surface area contributed by atoms with Gasteiger partial charge < -0.3 is 10.1 Å². The van der Waals surface area contributed by atoms with Crippen LogP contribution in [0.15, 0.2) is 24.3 Å². The molecule has 3 rings (SSSR count). The number of fused-ring (bicyclic) bond motifs is 1. The highest BCUT2D eigenvalue weighted by atomic mass is 35.5. The summed E-state index contributed by atoms with van der Waals surface area (Å²) in [5, 5.41) is 8.75. The van der Waals surface area contributed by atoms with Gasteiger partial charge in [0.05, 0.1) is 23.9 Å². The van der Waals surface area contributed by atoms with Gasteiger partial charge in [-0.3, -0.25) is 0 Å². The molecule has 1 N–H and O–H groups in total. The quantitative estimate of drug-likeness (QED) is 0.840. The lowest BCUT2D eigenvalue weighted by atomic mass is 9.89. The van der Waals surface area contributed by atoms with Crippen molar-refractivity contribution in [2.24, 2.45) is 0 Å². The Morgan fingerprint density at radius 2 is 2.17 bits per heavy atom. The predicted molar refractivity (Wildman–Crippen MR) is 94.7 cm³/mol. The SMILES string of the molecule is CCOC(=O)c1c(C)nn2c1NC(c1ccccc1Cl)CC2(C)C. The zero-order valence-corrected chi connectivity index (χ0v) is 15.1. The van der Waals surface area contributed by atoms with Gasteiger partial charge in [-0.1, -0.05) is 29.8 Å². The Hall–Kier alpha value is -2.01. The van der Waals surface area contributed by atoms with Gasteiger partial charge in [0, 0.05) is 5.02 Å². The van der Waals surface area contributed by atoms with Crippen molar-refractivity contribution in [1.29, 1.82) is 0 Å². The van der Waals surface area contributed by atoms with Gasteiger partial charge in [0.15, 0.2) is 0 Å². The first-order valence-electron chi connectivity index (χ1n) is 8.13. The molecule has 1 atom stereocenters. The van der Waals surface area contributed by atoms with Gasteiger partial charge >= 0.3 is 5.97 Å². The molecule has 1 aromatic carbocycles. The normalized spacial score (nSPS) is 18.6. The van der Waals surface area contributed by atoms with Crippen LogP contribution in [-0.2, 0) is 10.3 Å². The van der Waals surface area contributed by atoms with Crippen molar-refractivity contribution in [3.63, 3.8) is 0 Å². The number of ether oxygens (including phenoxy) is 1. The first-order valence-corrected chi connectivity index (χ1v) is 8.51. The van der Waals surface area contributed by atoms with Crippen LogP contribution >= 0.6 is 11.6 Å². The van der Waals surface area contributed by atoms with Crippen LogP contribution in [0.3, 0.4) is 0 Å². The molecule has 6 heteroatoms. The summed E-state index contributed by atoms with van der Waals surface area (Å²) in [5.41, 5.74) is 1.94. The van der Waals surface area contributed by atoms with Crippen molar-refractivity contribution >= 4 is 23.4 Å². The van der Waals surface area contributed by atoms with E-state index >= 15 is 0 Å².